The molecule has 0 heterocycles. The van der Waals surface area contributed by atoms with Gasteiger partial charge in [-0.15, -0.1) is 12.6 Å². The van der Waals surface area contributed by atoms with Gasteiger partial charge in [-0.3, -0.25) is 0 Å². The number of allylic oxidation sites excluding steroid dienone is 3. The van der Waals surface area contributed by atoms with Crippen LogP contribution in [0.5, 0.6) is 0 Å². The molecule has 0 atom stereocenters. The lowest BCUT2D eigenvalue weighted by molar-refractivity contribution is 0.414. The van der Waals surface area contributed by atoms with Crippen molar-refractivity contribution in [1.82, 2.24) is 0 Å². The Morgan fingerprint density at radius 1 is 1.24 bits per heavy atom. The minimum atomic E-state index is 0.254. The Morgan fingerprint density at radius 2 is 1.86 bits per heavy atom. The third-order valence-electron chi connectivity index (χ3n) is 2.49. The van der Waals surface area contributed by atoms with Gasteiger partial charge in [0.25, 0.3) is 0 Å². The van der Waals surface area contributed by atoms with Crippen LogP contribution in [0.1, 0.15) is 40.0 Å². The second kappa shape index (κ2) is 12.2. The molecular weight excluding hydrogens is 280 g/mol. The number of aliphatic hydroxyl groups excluding tert-OH is 1. The van der Waals surface area contributed by atoms with E-state index in [-0.39, 0.29) is 5.76 Å². The van der Waals surface area contributed by atoms with Gasteiger partial charge in [-0.2, -0.15) is 0 Å². The van der Waals surface area contributed by atoms with Crippen molar-refractivity contribution >= 4 is 18.3 Å². The van der Waals surface area contributed by atoms with Crippen LogP contribution in [0.2, 0.25) is 0 Å². The maximum atomic E-state index is 8.76. The van der Waals surface area contributed by atoms with E-state index >= 15 is 0 Å². The highest BCUT2D eigenvalue weighted by atomic mass is 32.1. The number of unbranched alkanes of at least 4 members (excludes halogenated alkanes) is 1. The lowest BCUT2D eigenvalue weighted by atomic mass is 10.2. The van der Waals surface area contributed by atoms with E-state index in [9.17, 15) is 0 Å². The Bertz CT molecular complexity index is 435. The monoisotopic (exact) mass is 308 g/mol. The summed E-state index contributed by atoms with van der Waals surface area (Å²) in [6.07, 6.45) is 6.66. The summed E-state index contributed by atoms with van der Waals surface area (Å²) < 4.78 is 0. The molecule has 0 amide bonds. The van der Waals surface area contributed by atoms with Crippen molar-refractivity contribution < 1.29 is 5.11 Å². The molecule has 0 saturated heterocycles. The van der Waals surface area contributed by atoms with Gasteiger partial charge in [-0.05, 0) is 50.1 Å². The van der Waals surface area contributed by atoms with Gasteiger partial charge in [0.1, 0.15) is 0 Å². The predicted octanol–water partition coefficient (Wildman–Crippen LogP) is 4.89. The summed E-state index contributed by atoms with van der Waals surface area (Å²) in [5.41, 5.74) is 7.30. The van der Waals surface area contributed by atoms with Gasteiger partial charge in [-0.1, -0.05) is 26.3 Å². The molecule has 0 unspecified atom stereocenters. The second-order valence-corrected chi connectivity index (χ2v) is 5.27. The highest BCUT2D eigenvalue weighted by molar-refractivity contribution is 7.80. The van der Waals surface area contributed by atoms with Gasteiger partial charge in [0, 0.05) is 22.8 Å². The van der Waals surface area contributed by atoms with E-state index in [1.54, 1.807) is 13.0 Å². The van der Waals surface area contributed by atoms with E-state index in [2.05, 4.69) is 31.8 Å². The van der Waals surface area contributed by atoms with Gasteiger partial charge in [0.2, 0.25) is 0 Å². The van der Waals surface area contributed by atoms with Crippen molar-refractivity contribution in [3.63, 3.8) is 0 Å². The molecule has 0 saturated carbocycles. The molecule has 0 fully saturated rings. The summed E-state index contributed by atoms with van der Waals surface area (Å²) in [4.78, 5) is 1.01. The van der Waals surface area contributed by atoms with Gasteiger partial charge in [-0.25, -0.2) is 0 Å². The van der Waals surface area contributed by atoms with Crippen molar-refractivity contribution in [2.45, 2.75) is 44.9 Å². The summed E-state index contributed by atoms with van der Waals surface area (Å²) in [5, 5.41) is 12.0. The van der Waals surface area contributed by atoms with Crippen molar-refractivity contribution in [2.24, 2.45) is 5.73 Å². The Labute approximate surface area is 134 Å². The third kappa shape index (κ3) is 11.9. The van der Waals surface area contributed by atoms with Crippen LogP contribution in [-0.4, -0.2) is 11.7 Å². The van der Waals surface area contributed by atoms with Crippen LogP contribution in [0.3, 0.4) is 0 Å². The molecule has 0 spiro atoms. The molecule has 4 heteroatoms. The molecule has 4 N–H and O–H groups in total. The Hall–Kier alpha value is -1.55. The summed E-state index contributed by atoms with van der Waals surface area (Å²) in [7, 11) is 0. The van der Waals surface area contributed by atoms with Gasteiger partial charge >= 0.3 is 0 Å². The number of hydrogen-bond donors (Lipinski definition) is 4. The lowest BCUT2D eigenvalue weighted by Crippen LogP contribution is -1.98. The van der Waals surface area contributed by atoms with E-state index in [0.717, 1.165) is 30.7 Å². The molecule has 1 aromatic rings. The molecule has 0 aromatic heterocycles. The average molecular weight is 308 g/mol. The number of anilines is 1. The first-order valence-electron chi connectivity index (χ1n) is 7.35. The SMILES string of the molecule is CCC/C=C(N)/C=C(/C)O.CCCNc1ccc(S)cc1. The molecule has 1 aromatic carbocycles. The van der Waals surface area contributed by atoms with E-state index in [4.69, 9.17) is 10.8 Å². The first-order valence-corrected chi connectivity index (χ1v) is 7.80. The Kier molecular flexibility index (Phi) is 11.3. The number of nitrogens with two attached hydrogens (primary N) is 1. The van der Waals surface area contributed by atoms with Crippen LogP contribution in [0.25, 0.3) is 0 Å². The normalized spacial score (nSPS) is 11.6. The first-order chi connectivity index (χ1) is 9.99. The fraction of sp³-hybridized carbons (Fsp3) is 0.412. The zero-order valence-corrected chi connectivity index (χ0v) is 14.2. The zero-order valence-electron chi connectivity index (χ0n) is 13.3. The third-order valence-corrected chi connectivity index (χ3v) is 2.79. The lowest BCUT2D eigenvalue weighted by Gasteiger charge is -2.03. The topological polar surface area (TPSA) is 58.3 Å². The fourth-order valence-electron chi connectivity index (χ4n) is 1.46. The summed E-state index contributed by atoms with van der Waals surface area (Å²) in [5.74, 6) is 0.254. The molecular formula is C17H28N2OS. The summed E-state index contributed by atoms with van der Waals surface area (Å²) >= 11 is 4.19. The highest BCUT2D eigenvalue weighted by Crippen LogP contribution is 2.11. The molecule has 0 radical (unpaired) electrons. The summed E-state index contributed by atoms with van der Waals surface area (Å²) in [6.45, 7) is 6.87. The van der Waals surface area contributed by atoms with E-state index < -0.39 is 0 Å². The van der Waals surface area contributed by atoms with E-state index in [1.807, 2.05) is 30.3 Å². The van der Waals surface area contributed by atoms with E-state index in [1.165, 1.54) is 5.69 Å². The van der Waals surface area contributed by atoms with E-state index in [0.29, 0.717) is 5.70 Å². The van der Waals surface area contributed by atoms with Gasteiger partial charge < -0.3 is 16.2 Å². The highest BCUT2D eigenvalue weighted by Gasteiger charge is 1.88. The van der Waals surface area contributed by atoms with Crippen molar-refractivity contribution in [2.75, 3.05) is 11.9 Å². The minimum Gasteiger partial charge on any atom is -0.513 e. The summed E-state index contributed by atoms with van der Waals surface area (Å²) in [6, 6.07) is 8.05. The molecule has 118 valence electrons. The van der Waals surface area contributed by atoms with Crippen molar-refractivity contribution in [3.8, 4) is 0 Å². The largest absolute Gasteiger partial charge is 0.513 e. The number of benzene rings is 1. The number of aliphatic hydroxyl groups is 1. The van der Waals surface area contributed by atoms with Crippen LogP contribution in [0.4, 0.5) is 5.69 Å². The molecule has 0 aliphatic heterocycles. The van der Waals surface area contributed by atoms with Crippen molar-refractivity contribution in [3.05, 3.63) is 47.9 Å². The van der Waals surface area contributed by atoms with Crippen LogP contribution >= 0.6 is 12.6 Å². The van der Waals surface area contributed by atoms with Gasteiger partial charge in [0.05, 0.1) is 5.76 Å². The molecule has 1 rings (SSSR count). The second-order valence-electron chi connectivity index (χ2n) is 4.75. The van der Waals surface area contributed by atoms with Crippen LogP contribution in [0.15, 0.2) is 52.8 Å². The van der Waals surface area contributed by atoms with Crippen LogP contribution < -0.4 is 11.1 Å². The van der Waals surface area contributed by atoms with Crippen molar-refractivity contribution in [1.29, 1.82) is 0 Å². The Balaban J connectivity index is 0.000000384. The first kappa shape index (κ1) is 19.4. The Morgan fingerprint density at radius 3 is 2.33 bits per heavy atom. The fourth-order valence-corrected chi connectivity index (χ4v) is 1.61. The molecule has 0 aliphatic carbocycles. The van der Waals surface area contributed by atoms with Crippen LogP contribution in [0, 0.1) is 0 Å². The number of hydrogen-bond acceptors (Lipinski definition) is 4. The predicted molar refractivity (Wildman–Crippen MR) is 96.0 cm³/mol. The maximum absolute atomic E-state index is 8.76. The number of nitrogens with one attached hydrogen (secondary N) is 1. The average Bonchev–Trinajstić information content (AvgIpc) is 2.44. The molecule has 3 nitrogen and oxygen atoms in total. The number of rotatable bonds is 6. The smallest absolute Gasteiger partial charge is 0.0912 e. The quantitative estimate of drug-likeness (QED) is 0.344. The van der Waals surface area contributed by atoms with Crippen LogP contribution in [-0.2, 0) is 0 Å². The zero-order chi connectivity index (χ0) is 16.1. The maximum Gasteiger partial charge on any atom is 0.0912 e. The molecule has 21 heavy (non-hydrogen) atoms. The number of thiol groups is 1. The molecule has 0 aliphatic rings. The standard InChI is InChI=1S/C9H13NS.C8H15NO/c1-2-7-10-8-3-5-9(11)6-4-8;1-3-4-5-8(9)6-7(2)10/h3-6,10-11H,2,7H2,1H3;5-6,10H,3-4,9H2,1-2H3/b;7-6-,8-5-. The van der Waals surface area contributed by atoms with Gasteiger partial charge in [0.15, 0.2) is 0 Å². The molecule has 0 bridgehead atoms. The minimum absolute atomic E-state index is 0.254.